The van der Waals surface area contributed by atoms with Crippen LogP contribution < -0.4 is 10.1 Å². The van der Waals surface area contributed by atoms with Gasteiger partial charge in [0.2, 0.25) is 0 Å². The van der Waals surface area contributed by atoms with Crippen molar-refractivity contribution in [3.63, 3.8) is 0 Å². The van der Waals surface area contributed by atoms with Crippen molar-refractivity contribution in [2.45, 2.75) is 59.1 Å². The molecule has 2 rings (SSSR count). The Kier molecular flexibility index (Phi) is 4.87. The number of hydrogen-bond acceptors (Lipinski definition) is 2. The zero-order chi connectivity index (χ0) is 13.8. The second kappa shape index (κ2) is 6.42. The highest BCUT2D eigenvalue weighted by Crippen LogP contribution is 2.30. The van der Waals surface area contributed by atoms with Crippen molar-refractivity contribution >= 4 is 0 Å². The molecule has 1 saturated carbocycles. The smallest absolute Gasteiger partial charge is 0.122 e. The van der Waals surface area contributed by atoms with Gasteiger partial charge in [-0.1, -0.05) is 26.0 Å². The Morgan fingerprint density at radius 2 is 2.05 bits per heavy atom. The molecule has 1 aliphatic rings. The van der Waals surface area contributed by atoms with Crippen molar-refractivity contribution in [1.29, 1.82) is 0 Å². The van der Waals surface area contributed by atoms with E-state index in [-0.39, 0.29) is 0 Å². The molecule has 1 N–H and O–H groups in total. The molecule has 0 aliphatic heterocycles. The minimum absolute atomic E-state index is 0.309. The molecule has 19 heavy (non-hydrogen) atoms. The number of benzene rings is 1. The highest BCUT2D eigenvalue weighted by molar-refractivity contribution is 5.38. The zero-order valence-corrected chi connectivity index (χ0v) is 12.7. The van der Waals surface area contributed by atoms with Gasteiger partial charge in [-0.15, -0.1) is 0 Å². The van der Waals surface area contributed by atoms with Gasteiger partial charge in [0.1, 0.15) is 11.9 Å². The monoisotopic (exact) mass is 261 g/mol. The molecule has 3 atom stereocenters. The van der Waals surface area contributed by atoms with E-state index < -0.39 is 0 Å². The molecule has 0 amide bonds. The fourth-order valence-corrected chi connectivity index (χ4v) is 2.97. The maximum absolute atomic E-state index is 6.34. The molecule has 106 valence electrons. The molecule has 2 nitrogen and oxygen atoms in total. The maximum Gasteiger partial charge on any atom is 0.122 e. The van der Waals surface area contributed by atoms with Crippen LogP contribution in [0.4, 0.5) is 0 Å². The predicted molar refractivity (Wildman–Crippen MR) is 80.8 cm³/mol. The van der Waals surface area contributed by atoms with Crippen LogP contribution in [0.3, 0.4) is 0 Å². The highest BCUT2D eigenvalue weighted by atomic mass is 16.5. The van der Waals surface area contributed by atoms with Crippen LogP contribution in [0.2, 0.25) is 0 Å². The van der Waals surface area contributed by atoms with Gasteiger partial charge in [0, 0.05) is 6.04 Å². The molecule has 0 heterocycles. The summed E-state index contributed by atoms with van der Waals surface area (Å²) in [7, 11) is 0. The van der Waals surface area contributed by atoms with E-state index in [2.05, 4.69) is 51.2 Å². The molecule has 0 saturated heterocycles. The summed E-state index contributed by atoms with van der Waals surface area (Å²) in [5.41, 5.74) is 2.58. The first-order chi connectivity index (χ1) is 9.11. The number of nitrogens with one attached hydrogen (secondary N) is 1. The van der Waals surface area contributed by atoms with E-state index in [4.69, 9.17) is 4.74 Å². The van der Waals surface area contributed by atoms with E-state index in [1.54, 1.807) is 0 Å². The van der Waals surface area contributed by atoms with Crippen molar-refractivity contribution < 1.29 is 4.74 Å². The van der Waals surface area contributed by atoms with E-state index >= 15 is 0 Å². The number of ether oxygens (including phenoxy) is 1. The van der Waals surface area contributed by atoms with Gasteiger partial charge in [0.15, 0.2) is 0 Å². The maximum atomic E-state index is 6.34. The number of aryl methyl sites for hydroxylation is 1. The number of likely N-dealkylation sites (N-methyl/N-ethyl adjacent to an activating group) is 1. The summed E-state index contributed by atoms with van der Waals surface area (Å²) >= 11 is 0. The van der Waals surface area contributed by atoms with Gasteiger partial charge in [0.25, 0.3) is 0 Å². The van der Waals surface area contributed by atoms with Crippen LogP contribution in [0.25, 0.3) is 0 Å². The average Bonchev–Trinajstić information content (AvgIpc) is 2.38. The predicted octanol–water partition coefficient (Wildman–Crippen LogP) is 3.85. The third-order valence-electron chi connectivity index (χ3n) is 4.35. The molecule has 1 aromatic carbocycles. The first-order valence-electron chi connectivity index (χ1n) is 7.58. The van der Waals surface area contributed by atoms with E-state index in [0.717, 1.165) is 24.6 Å². The first-order valence-corrected chi connectivity index (χ1v) is 7.58. The van der Waals surface area contributed by atoms with Gasteiger partial charge in [-0.2, -0.15) is 0 Å². The molecule has 1 aliphatic carbocycles. The second-order valence-electron chi connectivity index (χ2n) is 5.94. The summed E-state index contributed by atoms with van der Waals surface area (Å²) in [6.45, 7) is 9.83. The quantitative estimate of drug-likeness (QED) is 0.889. The molecule has 2 heteroatoms. The molecule has 3 unspecified atom stereocenters. The van der Waals surface area contributed by atoms with Gasteiger partial charge in [-0.25, -0.2) is 0 Å². The van der Waals surface area contributed by atoms with Gasteiger partial charge in [0.05, 0.1) is 0 Å². The minimum atomic E-state index is 0.309. The summed E-state index contributed by atoms with van der Waals surface area (Å²) in [6.07, 6.45) is 4.00. The third-order valence-corrected chi connectivity index (χ3v) is 4.35. The first kappa shape index (κ1) is 14.4. The molecule has 1 fully saturated rings. The van der Waals surface area contributed by atoms with E-state index in [0.29, 0.717) is 12.1 Å². The van der Waals surface area contributed by atoms with Crippen molar-refractivity contribution in [2.75, 3.05) is 6.54 Å². The van der Waals surface area contributed by atoms with Crippen LogP contribution in [-0.4, -0.2) is 18.7 Å². The van der Waals surface area contributed by atoms with Crippen LogP contribution in [0.1, 0.15) is 44.2 Å². The molecule has 0 spiro atoms. The lowest BCUT2D eigenvalue weighted by Gasteiger charge is -2.35. The highest BCUT2D eigenvalue weighted by Gasteiger charge is 2.29. The normalized spacial score (nSPS) is 27.3. The largest absolute Gasteiger partial charge is 0.489 e. The molecule has 0 bridgehead atoms. The fraction of sp³-hybridized carbons (Fsp3) is 0.647. The topological polar surface area (TPSA) is 21.3 Å². The third kappa shape index (κ3) is 3.50. The van der Waals surface area contributed by atoms with Gasteiger partial charge < -0.3 is 10.1 Å². The van der Waals surface area contributed by atoms with Crippen LogP contribution >= 0.6 is 0 Å². The number of hydrogen-bond donors (Lipinski definition) is 1. The van der Waals surface area contributed by atoms with Crippen molar-refractivity contribution in [3.05, 3.63) is 29.3 Å². The standard InChI is InChI=1S/C17H27NO/c1-5-18-15-10-9-12(2)11-17(15)19-16-8-6-7-13(3)14(16)4/h6-8,12,15,17-18H,5,9-11H2,1-4H3. The van der Waals surface area contributed by atoms with E-state index in [1.807, 2.05) is 0 Å². The van der Waals surface area contributed by atoms with Gasteiger partial charge in [-0.05, 0) is 62.8 Å². The molecule has 1 aromatic rings. The summed E-state index contributed by atoms with van der Waals surface area (Å²) in [6, 6.07) is 6.84. The summed E-state index contributed by atoms with van der Waals surface area (Å²) in [4.78, 5) is 0. The minimum Gasteiger partial charge on any atom is -0.489 e. The lowest BCUT2D eigenvalue weighted by atomic mass is 9.85. The Balaban J connectivity index is 2.11. The SMILES string of the molecule is CCNC1CCC(C)CC1Oc1cccc(C)c1C. The Labute approximate surface area is 117 Å². The lowest BCUT2D eigenvalue weighted by Crippen LogP contribution is -2.46. The number of rotatable bonds is 4. The van der Waals surface area contributed by atoms with Crippen LogP contribution in [0.15, 0.2) is 18.2 Å². The fourth-order valence-electron chi connectivity index (χ4n) is 2.97. The van der Waals surface area contributed by atoms with Crippen molar-refractivity contribution in [2.24, 2.45) is 5.92 Å². The molecule has 0 aromatic heterocycles. The Morgan fingerprint density at radius 1 is 1.26 bits per heavy atom. The summed E-state index contributed by atoms with van der Waals surface area (Å²) in [5.74, 6) is 1.83. The second-order valence-corrected chi connectivity index (χ2v) is 5.94. The Bertz CT molecular complexity index is 416. The van der Waals surface area contributed by atoms with E-state index in [1.165, 1.54) is 24.0 Å². The van der Waals surface area contributed by atoms with E-state index in [9.17, 15) is 0 Å². The zero-order valence-electron chi connectivity index (χ0n) is 12.7. The van der Waals surface area contributed by atoms with Crippen LogP contribution in [-0.2, 0) is 0 Å². The lowest BCUT2D eigenvalue weighted by molar-refractivity contribution is 0.0909. The molecular weight excluding hydrogens is 234 g/mol. The van der Waals surface area contributed by atoms with Crippen molar-refractivity contribution in [1.82, 2.24) is 5.32 Å². The molecule has 0 radical (unpaired) electrons. The van der Waals surface area contributed by atoms with Crippen LogP contribution in [0, 0.1) is 19.8 Å². The Hall–Kier alpha value is -1.02. The van der Waals surface area contributed by atoms with Crippen LogP contribution in [0.5, 0.6) is 5.75 Å². The molecular formula is C17H27NO. The van der Waals surface area contributed by atoms with Crippen molar-refractivity contribution in [3.8, 4) is 5.75 Å². The van der Waals surface area contributed by atoms with Gasteiger partial charge in [-0.3, -0.25) is 0 Å². The summed E-state index contributed by atoms with van der Waals surface area (Å²) < 4.78 is 6.34. The summed E-state index contributed by atoms with van der Waals surface area (Å²) in [5, 5.41) is 3.58. The van der Waals surface area contributed by atoms with Gasteiger partial charge >= 0.3 is 0 Å². The average molecular weight is 261 g/mol. The Morgan fingerprint density at radius 3 is 2.79 bits per heavy atom.